The van der Waals surface area contributed by atoms with E-state index in [0.717, 1.165) is 0 Å². The second kappa shape index (κ2) is 9.11. The molecule has 2 amide bonds. The number of nitrogens with one attached hydrogen (secondary N) is 3. The summed E-state index contributed by atoms with van der Waals surface area (Å²) in [6.07, 6.45) is 0.0428. The summed E-state index contributed by atoms with van der Waals surface area (Å²) in [7, 11) is -3.62. The normalized spacial score (nSPS) is 15.8. The first-order chi connectivity index (χ1) is 16.9. The monoisotopic (exact) mass is 492 g/mol. The molecule has 3 aromatic rings. The zero-order valence-electron chi connectivity index (χ0n) is 18.3. The molecule has 0 saturated carbocycles. The molecule has 0 radical (unpaired) electrons. The molecule has 0 unspecified atom stereocenters. The van der Waals surface area contributed by atoms with E-state index in [1.165, 1.54) is 6.07 Å². The van der Waals surface area contributed by atoms with Crippen LogP contribution in [-0.4, -0.2) is 39.4 Å². The number of benzene rings is 3. The molecule has 0 fully saturated rings. The third-order valence-electron chi connectivity index (χ3n) is 5.31. The second-order valence-corrected chi connectivity index (χ2v) is 9.38. The number of sulfonamides is 1. The van der Waals surface area contributed by atoms with Crippen LogP contribution in [0.4, 0.5) is 11.4 Å². The number of hydrogen-bond acceptors (Lipinski definition) is 7. The van der Waals surface area contributed by atoms with Crippen molar-refractivity contribution in [3.05, 3.63) is 77.9 Å². The van der Waals surface area contributed by atoms with Crippen LogP contribution in [0, 0.1) is 0 Å². The van der Waals surface area contributed by atoms with Crippen molar-refractivity contribution in [2.45, 2.75) is 11.3 Å². The highest BCUT2D eigenvalue weighted by Gasteiger charge is 2.30. The lowest BCUT2D eigenvalue weighted by atomic mass is 10.2. The molecular weight excluding hydrogens is 472 g/mol. The third-order valence-corrected chi connectivity index (χ3v) is 6.71. The molecule has 178 valence electrons. The first-order valence-corrected chi connectivity index (χ1v) is 12.1. The fourth-order valence-electron chi connectivity index (χ4n) is 3.66. The minimum atomic E-state index is -3.62. The number of hydrogen-bond donors (Lipinski definition) is 3. The standard InChI is InChI=1S/C24H20N4O6S/c29-22(10-11-25-23-18-6-1-2-7-21(18)35(31,32)28-23)26-16-4-3-5-17(13-16)27-24(30)15-8-9-19-20(12-15)34-14-33-19/h1-9,12-13H,10-11,14H2,(H,25,28)(H,26,29)(H,27,30). The van der Waals surface area contributed by atoms with E-state index in [4.69, 9.17) is 9.47 Å². The van der Waals surface area contributed by atoms with Gasteiger partial charge in [0, 0.05) is 28.9 Å². The average molecular weight is 493 g/mol. The maximum Gasteiger partial charge on any atom is 0.263 e. The average Bonchev–Trinajstić information content (AvgIpc) is 3.41. The molecule has 3 N–H and O–H groups in total. The summed E-state index contributed by atoms with van der Waals surface area (Å²) in [6, 6.07) is 18.2. The summed E-state index contributed by atoms with van der Waals surface area (Å²) in [5, 5.41) is 5.54. The van der Waals surface area contributed by atoms with E-state index < -0.39 is 10.0 Å². The number of fused-ring (bicyclic) bond motifs is 2. The maximum atomic E-state index is 12.6. The Labute approximate surface area is 201 Å². The lowest BCUT2D eigenvalue weighted by Gasteiger charge is -2.09. The van der Waals surface area contributed by atoms with E-state index in [2.05, 4.69) is 20.3 Å². The Morgan fingerprint density at radius 3 is 2.54 bits per heavy atom. The second-order valence-electron chi connectivity index (χ2n) is 7.73. The van der Waals surface area contributed by atoms with Gasteiger partial charge in [-0.2, -0.15) is 0 Å². The van der Waals surface area contributed by atoms with Crippen molar-refractivity contribution < 1.29 is 27.5 Å². The van der Waals surface area contributed by atoms with Gasteiger partial charge in [0.05, 0.1) is 11.4 Å². The Morgan fingerprint density at radius 2 is 1.69 bits per heavy atom. The Balaban J connectivity index is 1.18. The van der Waals surface area contributed by atoms with E-state index in [1.807, 2.05) is 0 Å². The summed E-state index contributed by atoms with van der Waals surface area (Å²) < 4.78 is 37.2. The number of nitrogens with zero attached hydrogens (tertiary/aromatic N) is 1. The molecule has 2 aliphatic rings. The van der Waals surface area contributed by atoms with Crippen molar-refractivity contribution >= 4 is 39.0 Å². The summed E-state index contributed by atoms with van der Waals surface area (Å²) in [5.74, 6) is 0.688. The molecule has 10 nitrogen and oxygen atoms in total. The van der Waals surface area contributed by atoms with Crippen molar-refractivity contribution in [1.29, 1.82) is 0 Å². The smallest absolute Gasteiger partial charge is 0.263 e. The van der Waals surface area contributed by atoms with Gasteiger partial charge in [-0.3, -0.25) is 19.3 Å². The van der Waals surface area contributed by atoms with Gasteiger partial charge in [-0.15, -0.1) is 0 Å². The van der Waals surface area contributed by atoms with Gasteiger partial charge in [0.2, 0.25) is 12.7 Å². The van der Waals surface area contributed by atoms with Gasteiger partial charge in [0.1, 0.15) is 5.84 Å². The Hall–Kier alpha value is -4.38. The molecule has 0 saturated heterocycles. The van der Waals surface area contributed by atoms with E-state index in [1.54, 1.807) is 60.7 Å². The van der Waals surface area contributed by atoms with Crippen LogP contribution in [0.25, 0.3) is 0 Å². The van der Waals surface area contributed by atoms with E-state index >= 15 is 0 Å². The van der Waals surface area contributed by atoms with Crippen LogP contribution in [0.3, 0.4) is 0 Å². The van der Waals surface area contributed by atoms with Crippen molar-refractivity contribution in [2.75, 3.05) is 24.0 Å². The summed E-state index contributed by atoms with van der Waals surface area (Å²) >= 11 is 0. The number of aliphatic imine (C=N–C) groups is 1. The number of amides is 2. The summed E-state index contributed by atoms with van der Waals surface area (Å²) in [4.78, 5) is 29.4. The van der Waals surface area contributed by atoms with Gasteiger partial charge in [-0.05, 0) is 48.5 Å². The SMILES string of the molecule is O=C(CCN=C1NS(=O)(=O)c2ccccc21)Nc1cccc(NC(=O)c2ccc3c(c2)OCO3)c1. The fraction of sp³-hybridized carbons (Fsp3) is 0.125. The molecule has 0 atom stereocenters. The highest BCUT2D eigenvalue weighted by molar-refractivity contribution is 7.90. The number of amidine groups is 1. The molecule has 0 bridgehead atoms. The van der Waals surface area contributed by atoms with Crippen LogP contribution in [0.15, 0.2) is 76.6 Å². The Morgan fingerprint density at radius 1 is 0.914 bits per heavy atom. The lowest BCUT2D eigenvalue weighted by molar-refractivity contribution is -0.116. The van der Waals surface area contributed by atoms with Crippen LogP contribution >= 0.6 is 0 Å². The number of anilines is 2. The van der Waals surface area contributed by atoms with Gasteiger partial charge in [0.15, 0.2) is 11.5 Å². The Kier molecular flexibility index (Phi) is 5.83. The highest BCUT2D eigenvalue weighted by atomic mass is 32.2. The van der Waals surface area contributed by atoms with Crippen LogP contribution in [0.5, 0.6) is 11.5 Å². The first kappa shape index (κ1) is 22.4. The van der Waals surface area contributed by atoms with Crippen LogP contribution < -0.4 is 24.8 Å². The molecule has 2 heterocycles. The van der Waals surface area contributed by atoms with E-state index in [-0.39, 0.29) is 42.3 Å². The van der Waals surface area contributed by atoms with Crippen molar-refractivity contribution in [3.8, 4) is 11.5 Å². The van der Waals surface area contributed by atoms with Gasteiger partial charge in [-0.1, -0.05) is 18.2 Å². The minimum absolute atomic E-state index is 0.0428. The van der Waals surface area contributed by atoms with Gasteiger partial charge < -0.3 is 20.1 Å². The Bertz CT molecular complexity index is 1470. The van der Waals surface area contributed by atoms with E-state index in [9.17, 15) is 18.0 Å². The first-order valence-electron chi connectivity index (χ1n) is 10.7. The lowest BCUT2D eigenvalue weighted by Crippen LogP contribution is -2.23. The largest absolute Gasteiger partial charge is 0.454 e. The van der Waals surface area contributed by atoms with Crippen LogP contribution in [0.2, 0.25) is 0 Å². The molecule has 3 aromatic carbocycles. The highest BCUT2D eigenvalue weighted by Crippen LogP contribution is 2.32. The number of rotatable bonds is 6. The summed E-state index contributed by atoms with van der Waals surface area (Å²) in [5.41, 5.74) is 1.89. The quantitative estimate of drug-likeness (QED) is 0.484. The molecule has 0 aliphatic carbocycles. The van der Waals surface area contributed by atoms with Crippen molar-refractivity contribution in [2.24, 2.45) is 4.99 Å². The topological polar surface area (TPSA) is 135 Å². The number of ether oxygens (including phenoxy) is 2. The van der Waals surface area contributed by atoms with Gasteiger partial charge >= 0.3 is 0 Å². The predicted molar refractivity (Wildman–Crippen MR) is 128 cm³/mol. The zero-order chi connectivity index (χ0) is 24.4. The van der Waals surface area contributed by atoms with E-state index in [0.29, 0.717) is 34.0 Å². The van der Waals surface area contributed by atoms with Gasteiger partial charge in [-0.25, -0.2) is 8.42 Å². The van der Waals surface area contributed by atoms with Crippen LogP contribution in [0.1, 0.15) is 22.3 Å². The minimum Gasteiger partial charge on any atom is -0.454 e. The van der Waals surface area contributed by atoms with Crippen molar-refractivity contribution in [1.82, 2.24) is 4.72 Å². The molecule has 0 aromatic heterocycles. The number of carbonyl (C=O) groups excluding carboxylic acids is 2. The molecule has 0 spiro atoms. The maximum absolute atomic E-state index is 12.6. The summed E-state index contributed by atoms with van der Waals surface area (Å²) in [6.45, 7) is 0.218. The molecule has 5 rings (SSSR count). The fourth-order valence-corrected chi connectivity index (χ4v) is 4.91. The molecule has 35 heavy (non-hydrogen) atoms. The predicted octanol–water partition coefficient (Wildman–Crippen LogP) is 2.73. The zero-order valence-corrected chi connectivity index (χ0v) is 19.1. The third kappa shape index (κ3) is 4.80. The molecular formula is C24H20N4O6S. The van der Waals surface area contributed by atoms with Gasteiger partial charge in [0.25, 0.3) is 15.9 Å². The van der Waals surface area contributed by atoms with Crippen LogP contribution in [-0.2, 0) is 14.8 Å². The number of carbonyl (C=O) groups is 2. The molecule has 2 aliphatic heterocycles. The molecule has 11 heteroatoms. The van der Waals surface area contributed by atoms with Crippen molar-refractivity contribution in [3.63, 3.8) is 0 Å².